The highest BCUT2D eigenvalue weighted by Gasteiger charge is 2.29. The number of nitrogens with zero attached hydrogens (tertiary/aromatic N) is 3. The van der Waals surface area contributed by atoms with Gasteiger partial charge in [0.05, 0.1) is 15.5 Å². The third-order valence-electron chi connectivity index (χ3n) is 5.13. The van der Waals surface area contributed by atoms with Gasteiger partial charge in [0.2, 0.25) is 10.0 Å². The lowest BCUT2D eigenvalue weighted by atomic mass is 9.96. The van der Waals surface area contributed by atoms with Crippen molar-refractivity contribution in [3.63, 3.8) is 0 Å². The highest BCUT2D eigenvalue weighted by atomic mass is 35.5. The number of amides is 1. The Labute approximate surface area is 170 Å². The highest BCUT2D eigenvalue weighted by molar-refractivity contribution is 7.89. The largest absolute Gasteiger partial charge is 0.348 e. The van der Waals surface area contributed by atoms with Gasteiger partial charge in [-0.3, -0.25) is 4.79 Å². The number of nitrogens with one attached hydrogen (secondary N) is 1. The van der Waals surface area contributed by atoms with E-state index in [0.29, 0.717) is 26.2 Å². The van der Waals surface area contributed by atoms with E-state index in [1.54, 1.807) is 31.1 Å². The van der Waals surface area contributed by atoms with Crippen molar-refractivity contribution in [2.24, 2.45) is 0 Å². The maximum Gasteiger partial charge on any atom is 0.255 e. The molecule has 9 heteroatoms. The summed E-state index contributed by atoms with van der Waals surface area (Å²) in [5.41, 5.74) is 0.218. The summed E-state index contributed by atoms with van der Waals surface area (Å²) in [7, 11) is -3.66. The summed E-state index contributed by atoms with van der Waals surface area (Å²) < 4.78 is 27.0. The molecule has 0 aliphatic carbocycles. The van der Waals surface area contributed by atoms with Crippen LogP contribution < -0.4 is 0 Å². The first kappa shape index (κ1) is 20.8. The molecule has 1 aromatic heterocycles. The minimum Gasteiger partial charge on any atom is -0.348 e. The summed E-state index contributed by atoms with van der Waals surface area (Å²) in [6.07, 6.45) is 5.27. The van der Waals surface area contributed by atoms with E-state index in [1.807, 2.05) is 0 Å². The van der Waals surface area contributed by atoms with Crippen molar-refractivity contribution in [1.82, 2.24) is 19.2 Å². The molecule has 7 nitrogen and oxygen atoms in total. The molecule has 152 valence electrons. The molecular formula is C19H25ClN4O3S. The van der Waals surface area contributed by atoms with Crippen LogP contribution in [0.3, 0.4) is 0 Å². The van der Waals surface area contributed by atoms with Crippen molar-refractivity contribution in [1.29, 1.82) is 0 Å². The molecule has 1 aliphatic heterocycles. The second-order valence-corrected chi connectivity index (χ2v) is 9.14. The van der Waals surface area contributed by atoms with Crippen molar-refractivity contribution in [3.05, 3.63) is 47.0 Å². The van der Waals surface area contributed by atoms with Crippen LogP contribution in [0.2, 0.25) is 5.02 Å². The smallest absolute Gasteiger partial charge is 0.255 e. The van der Waals surface area contributed by atoms with E-state index in [0.717, 1.165) is 18.7 Å². The van der Waals surface area contributed by atoms with E-state index in [9.17, 15) is 13.2 Å². The number of piperidine rings is 1. The fourth-order valence-corrected chi connectivity index (χ4v) is 5.28. The quantitative estimate of drug-likeness (QED) is 0.771. The van der Waals surface area contributed by atoms with Crippen LogP contribution in [0.25, 0.3) is 0 Å². The number of rotatable bonds is 6. The zero-order valence-corrected chi connectivity index (χ0v) is 17.6. The first-order valence-corrected chi connectivity index (χ1v) is 11.3. The number of aromatic nitrogens is 2. The van der Waals surface area contributed by atoms with Crippen molar-refractivity contribution >= 4 is 27.5 Å². The van der Waals surface area contributed by atoms with Crippen LogP contribution in [0, 0.1) is 0 Å². The van der Waals surface area contributed by atoms with Gasteiger partial charge in [0, 0.05) is 44.5 Å². The number of hydrogen-bond donors (Lipinski definition) is 1. The summed E-state index contributed by atoms with van der Waals surface area (Å²) in [6.45, 7) is 5.43. The maximum atomic E-state index is 13.1. The molecule has 0 radical (unpaired) electrons. The number of benzene rings is 1. The van der Waals surface area contributed by atoms with Gasteiger partial charge in [-0.2, -0.15) is 4.31 Å². The topological polar surface area (TPSA) is 86.4 Å². The molecule has 1 unspecified atom stereocenters. The van der Waals surface area contributed by atoms with Gasteiger partial charge < -0.3 is 9.88 Å². The molecular weight excluding hydrogens is 400 g/mol. The van der Waals surface area contributed by atoms with Gasteiger partial charge in [-0.1, -0.05) is 25.4 Å². The number of carbonyl (C=O) groups excluding carboxylic acids is 1. The van der Waals surface area contributed by atoms with Crippen LogP contribution in [-0.2, 0) is 10.0 Å². The second-order valence-electron chi connectivity index (χ2n) is 6.80. The van der Waals surface area contributed by atoms with Gasteiger partial charge in [-0.05, 0) is 31.0 Å². The lowest BCUT2D eigenvalue weighted by Crippen LogP contribution is -2.39. The molecule has 1 saturated heterocycles. The second kappa shape index (κ2) is 8.63. The molecule has 0 saturated carbocycles. The Hall–Kier alpha value is -1.90. The average Bonchev–Trinajstić information content (AvgIpc) is 3.23. The standard InChI is InChI=1S/C19H25ClN4O3S/c1-3-24(4-2)28(26,27)15-7-8-17(20)16(12-15)19(25)23-11-5-6-14(13-23)18-21-9-10-22-18/h7-10,12,14H,3-6,11,13H2,1-2H3,(H,21,22). The summed E-state index contributed by atoms with van der Waals surface area (Å²) in [6, 6.07) is 4.34. The molecule has 1 amide bonds. The first-order chi connectivity index (χ1) is 13.4. The zero-order chi connectivity index (χ0) is 20.3. The Balaban J connectivity index is 1.87. The minimum absolute atomic E-state index is 0.0866. The van der Waals surface area contributed by atoms with Gasteiger partial charge in [0.1, 0.15) is 5.82 Å². The molecule has 3 rings (SSSR count). The third-order valence-corrected chi connectivity index (χ3v) is 7.50. The lowest BCUT2D eigenvalue weighted by molar-refractivity contribution is 0.0704. The first-order valence-electron chi connectivity index (χ1n) is 9.46. The summed E-state index contributed by atoms with van der Waals surface area (Å²) in [4.78, 5) is 22.4. The molecule has 2 aromatic rings. The molecule has 0 bridgehead atoms. The van der Waals surface area contributed by atoms with Gasteiger partial charge >= 0.3 is 0 Å². The molecule has 1 fully saturated rings. The van der Waals surface area contributed by atoms with E-state index in [1.165, 1.54) is 22.5 Å². The Morgan fingerprint density at radius 1 is 1.36 bits per heavy atom. The number of imidazole rings is 1. The normalized spacial score (nSPS) is 17.9. The van der Waals surface area contributed by atoms with E-state index in [2.05, 4.69) is 9.97 Å². The van der Waals surface area contributed by atoms with Crippen LogP contribution in [0.15, 0.2) is 35.5 Å². The van der Waals surface area contributed by atoms with Crippen LogP contribution >= 0.6 is 11.6 Å². The van der Waals surface area contributed by atoms with Gasteiger partial charge in [-0.25, -0.2) is 13.4 Å². The summed E-state index contributed by atoms with van der Waals surface area (Å²) in [5, 5.41) is 0.253. The average molecular weight is 425 g/mol. The third kappa shape index (κ3) is 4.09. The van der Waals surface area contributed by atoms with Gasteiger partial charge in [0.25, 0.3) is 5.91 Å². The van der Waals surface area contributed by atoms with Crippen LogP contribution in [0.1, 0.15) is 48.8 Å². The number of H-pyrrole nitrogens is 1. The van der Waals surface area contributed by atoms with Crippen LogP contribution in [-0.4, -0.2) is 59.7 Å². The number of halogens is 1. The monoisotopic (exact) mass is 424 g/mol. The molecule has 28 heavy (non-hydrogen) atoms. The Morgan fingerprint density at radius 2 is 2.11 bits per heavy atom. The SMILES string of the molecule is CCN(CC)S(=O)(=O)c1ccc(Cl)c(C(=O)N2CCCC(c3ncc[nH]3)C2)c1. The van der Waals surface area contributed by atoms with Crippen LogP contribution in [0.4, 0.5) is 0 Å². The molecule has 2 heterocycles. The Morgan fingerprint density at radius 3 is 2.75 bits per heavy atom. The lowest BCUT2D eigenvalue weighted by Gasteiger charge is -2.32. The predicted molar refractivity (Wildman–Crippen MR) is 108 cm³/mol. The summed E-state index contributed by atoms with van der Waals surface area (Å²) >= 11 is 6.27. The maximum absolute atomic E-state index is 13.1. The van der Waals surface area contributed by atoms with E-state index in [-0.39, 0.29) is 27.3 Å². The molecule has 1 aromatic carbocycles. The number of sulfonamides is 1. The molecule has 1 aliphatic rings. The number of likely N-dealkylation sites (tertiary alicyclic amines) is 1. The van der Waals surface area contributed by atoms with Crippen molar-refractivity contribution in [2.75, 3.05) is 26.2 Å². The van der Waals surface area contributed by atoms with E-state index >= 15 is 0 Å². The predicted octanol–water partition coefficient (Wildman–Crippen LogP) is 3.11. The fourth-order valence-electron chi connectivity index (χ4n) is 3.60. The van der Waals surface area contributed by atoms with E-state index in [4.69, 9.17) is 11.6 Å². The minimum atomic E-state index is -3.66. The fraction of sp³-hybridized carbons (Fsp3) is 0.474. The van der Waals surface area contributed by atoms with Crippen molar-refractivity contribution < 1.29 is 13.2 Å². The summed E-state index contributed by atoms with van der Waals surface area (Å²) in [5.74, 6) is 0.744. The molecule has 0 spiro atoms. The number of aromatic amines is 1. The van der Waals surface area contributed by atoms with Gasteiger partial charge in [0.15, 0.2) is 0 Å². The highest BCUT2D eigenvalue weighted by Crippen LogP contribution is 2.28. The Kier molecular flexibility index (Phi) is 6.42. The zero-order valence-electron chi connectivity index (χ0n) is 16.1. The van der Waals surface area contributed by atoms with Gasteiger partial charge in [-0.15, -0.1) is 0 Å². The molecule has 1 N–H and O–H groups in total. The molecule has 1 atom stereocenters. The number of hydrogen-bond acceptors (Lipinski definition) is 4. The van der Waals surface area contributed by atoms with Crippen LogP contribution in [0.5, 0.6) is 0 Å². The number of carbonyl (C=O) groups is 1. The van der Waals surface area contributed by atoms with E-state index < -0.39 is 10.0 Å². The Bertz CT molecular complexity index is 927. The van der Waals surface area contributed by atoms with Crippen molar-refractivity contribution in [3.8, 4) is 0 Å². The van der Waals surface area contributed by atoms with Crippen molar-refractivity contribution in [2.45, 2.75) is 37.5 Å².